The zero-order valence-corrected chi connectivity index (χ0v) is 16.9. The van der Waals surface area contributed by atoms with Gasteiger partial charge in [0.05, 0.1) is 0 Å². The fraction of sp³-hybridized carbons (Fsp3) is 0.391. The van der Waals surface area contributed by atoms with Gasteiger partial charge in [0.25, 0.3) is 0 Å². The molecule has 28 heavy (non-hydrogen) atoms. The van der Waals surface area contributed by atoms with Gasteiger partial charge in [-0.15, -0.1) is 12.4 Å². The quantitative estimate of drug-likeness (QED) is 0.517. The van der Waals surface area contributed by atoms with Gasteiger partial charge in [-0.2, -0.15) is 0 Å². The monoisotopic (exact) mass is 403 g/mol. The Balaban J connectivity index is 0.00000280. The number of para-hydroxylation sites is 1. The van der Waals surface area contributed by atoms with Crippen molar-refractivity contribution in [1.82, 2.24) is 0 Å². The van der Waals surface area contributed by atoms with Gasteiger partial charge >= 0.3 is 0 Å². The molecule has 1 aliphatic carbocycles. The van der Waals surface area contributed by atoms with E-state index in [2.05, 4.69) is 18.7 Å². The van der Waals surface area contributed by atoms with Gasteiger partial charge < -0.3 is 20.3 Å². The van der Waals surface area contributed by atoms with Crippen LogP contribution in [0.1, 0.15) is 24.0 Å². The van der Waals surface area contributed by atoms with Gasteiger partial charge in [0, 0.05) is 6.04 Å². The summed E-state index contributed by atoms with van der Waals surface area (Å²) in [4.78, 5) is 0. The summed E-state index contributed by atoms with van der Waals surface area (Å²) in [6, 6.07) is 15.5. The number of benzene rings is 2. The standard InChI is InChI=1S/C23H29NO3.ClH/c1-2-13-26-21-12-11-17-7-6-8-18(14-19(17)15-21)23(24)22(25)16-27-20-9-4-3-5-10-20;/h2-5,9-12,15,18,22-23,25H,1,6-8,13-14,16,24H2;1H/t18?,22-,23?;/m1./s1. The maximum absolute atomic E-state index is 10.6. The Labute approximate surface area is 173 Å². The first-order valence-electron chi connectivity index (χ1n) is 9.64. The number of hydrogen-bond acceptors (Lipinski definition) is 4. The Morgan fingerprint density at radius 3 is 2.64 bits per heavy atom. The van der Waals surface area contributed by atoms with Crippen molar-refractivity contribution in [3.63, 3.8) is 0 Å². The molecular weight excluding hydrogens is 374 g/mol. The largest absolute Gasteiger partial charge is 0.491 e. The number of rotatable bonds is 8. The van der Waals surface area contributed by atoms with Crippen LogP contribution in [0.25, 0.3) is 0 Å². The van der Waals surface area contributed by atoms with Gasteiger partial charge in [0.15, 0.2) is 0 Å². The molecule has 0 spiro atoms. The Kier molecular flexibility index (Phi) is 8.84. The van der Waals surface area contributed by atoms with Crippen molar-refractivity contribution < 1.29 is 14.6 Å². The molecule has 0 saturated carbocycles. The van der Waals surface area contributed by atoms with Crippen LogP contribution in [0.4, 0.5) is 0 Å². The van der Waals surface area contributed by atoms with E-state index in [9.17, 15) is 5.11 Å². The van der Waals surface area contributed by atoms with Crippen LogP contribution in [0.5, 0.6) is 11.5 Å². The third kappa shape index (κ3) is 5.99. The smallest absolute Gasteiger partial charge is 0.120 e. The SMILES string of the molecule is C=CCOc1ccc2c(c1)CC(C(N)[C@H](O)COc1ccccc1)CCC2.Cl. The van der Waals surface area contributed by atoms with E-state index < -0.39 is 6.10 Å². The number of aryl methyl sites for hydroxylation is 1. The minimum Gasteiger partial charge on any atom is -0.491 e. The van der Waals surface area contributed by atoms with Gasteiger partial charge in [-0.05, 0) is 67.0 Å². The van der Waals surface area contributed by atoms with Crippen molar-refractivity contribution in [2.24, 2.45) is 11.7 Å². The van der Waals surface area contributed by atoms with Crippen LogP contribution in [0.3, 0.4) is 0 Å². The van der Waals surface area contributed by atoms with Crippen LogP contribution in [0.2, 0.25) is 0 Å². The second kappa shape index (κ2) is 11.1. The van der Waals surface area contributed by atoms with Crippen LogP contribution in [0.15, 0.2) is 61.2 Å². The average molecular weight is 404 g/mol. The Morgan fingerprint density at radius 1 is 1.11 bits per heavy atom. The molecule has 0 heterocycles. The molecule has 2 unspecified atom stereocenters. The molecule has 0 aromatic heterocycles. The first kappa shape index (κ1) is 22.3. The normalized spacial score (nSPS) is 18.0. The van der Waals surface area contributed by atoms with Crippen molar-refractivity contribution in [1.29, 1.82) is 0 Å². The summed E-state index contributed by atoms with van der Waals surface area (Å²) in [5.74, 6) is 1.82. The van der Waals surface area contributed by atoms with E-state index >= 15 is 0 Å². The summed E-state index contributed by atoms with van der Waals surface area (Å²) in [5.41, 5.74) is 9.05. The van der Waals surface area contributed by atoms with Crippen LogP contribution < -0.4 is 15.2 Å². The molecule has 152 valence electrons. The van der Waals surface area contributed by atoms with Crippen molar-refractivity contribution >= 4 is 12.4 Å². The first-order chi connectivity index (χ1) is 13.2. The lowest BCUT2D eigenvalue weighted by Gasteiger charge is -2.27. The van der Waals surface area contributed by atoms with Crippen molar-refractivity contribution in [3.05, 3.63) is 72.3 Å². The Morgan fingerprint density at radius 2 is 1.89 bits per heavy atom. The van der Waals surface area contributed by atoms with Gasteiger partial charge in [0.2, 0.25) is 0 Å². The van der Waals surface area contributed by atoms with Gasteiger partial charge in [-0.25, -0.2) is 0 Å². The van der Waals surface area contributed by atoms with E-state index in [0.717, 1.165) is 37.2 Å². The summed E-state index contributed by atoms with van der Waals surface area (Å²) in [6.07, 6.45) is 5.01. The molecule has 3 rings (SSSR count). The van der Waals surface area contributed by atoms with E-state index in [-0.39, 0.29) is 31.0 Å². The predicted octanol–water partition coefficient (Wildman–Crippen LogP) is 3.94. The molecule has 0 radical (unpaired) electrons. The summed E-state index contributed by atoms with van der Waals surface area (Å²) in [5, 5.41) is 10.6. The van der Waals surface area contributed by atoms with Crippen molar-refractivity contribution in [2.75, 3.05) is 13.2 Å². The van der Waals surface area contributed by atoms with E-state index in [1.807, 2.05) is 36.4 Å². The molecule has 1 aliphatic rings. The molecular formula is C23H30ClNO3. The van der Waals surface area contributed by atoms with Crippen LogP contribution in [-0.4, -0.2) is 30.5 Å². The highest BCUT2D eigenvalue weighted by molar-refractivity contribution is 5.85. The molecule has 0 aliphatic heterocycles. The number of ether oxygens (including phenoxy) is 2. The maximum Gasteiger partial charge on any atom is 0.120 e. The topological polar surface area (TPSA) is 64.7 Å². The van der Waals surface area contributed by atoms with Crippen molar-refractivity contribution in [2.45, 2.75) is 37.8 Å². The van der Waals surface area contributed by atoms with E-state index in [4.69, 9.17) is 15.2 Å². The van der Waals surface area contributed by atoms with Crippen LogP contribution >= 0.6 is 12.4 Å². The zero-order chi connectivity index (χ0) is 19.1. The number of nitrogens with two attached hydrogens (primary N) is 1. The summed E-state index contributed by atoms with van der Waals surface area (Å²) < 4.78 is 11.4. The Bertz CT molecular complexity index is 738. The number of aliphatic hydroxyl groups excluding tert-OH is 1. The number of halogens is 1. The lowest BCUT2D eigenvalue weighted by molar-refractivity contribution is 0.0645. The molecule has 0 fully saturated rings. The number of fused-ring (bicyclic) bond motifs is 1. The minimum absolute atomic E-state index is 0. The first-order valence-corrected chi connectivity index (χ1v) is 9.64. The number of hydrogen-bond donors (Lipinski definition) is 2. The fourth-order valence-corrected chi connectivity index (χ4v) is 3.67. The second-order valence-electron chi connectivity index (χ2n) is 7.16. The predicted molar refractivity (Wildman–Crippen MR) is 115 cm³/mol. The molecule has 2 aromatic rings. The lowest BCUT2D eigenvalue weighted by Crippen LogP contribution is -2.45. The van der Waals surface area contributed by atoms with E-state index in [0.29, 0.717) is 6.61 Å². The molecule has 3 atom stereocenters. The summed E-state index contributed by atoms with van der Waals surface area (Å²) in [7, 11) is 0. The molecule has 4 nitrogen and oxygen atoms in total. The average Bonchev–Trinajstić information content (AvgIpc) is 2.92. The highest BCUT2D eigenvalue weighted by Crippen LogP contribution is 2.30. The molecule has 0 bridgehead atoms. The van der Waals surface area contributed by atoms with Gasteiger partial charge in [-0.3, -0.25) is 0 Å². The lowest BCUT2D eigenvalue weighted by atomic mass is 9.87. The molecule has 0 saturated heterocycles. The number of aliphatic hydroxyl groups is 1. The molecule has 2 aromatic carbocycles. The van der Waals surface area contributed by atoms with Gasteiger partial charge in [-0.1, -0.05) is 36.9 Å². The highest BCUT2D eigenvalue weighted by atomic mass is 35.5. The molecule has 3 N–H and O–H groups in total. The van der Waals surface area contributed by atoms with E-state index in [1.54, 1.807) is 6.08 Å². The summed E-state index contributed by atoms with van der Waals surface area (Å²) in [6.45, 7) is 4.39. The molecule has 5 heteroatoms. The third-order valence-electron chi connectivity index (χ3n) is 5.20. The van der Waals surface area contributed by atoms with E-state index in [1.165, 1.54) is 11.1 Å². The van der Waals surface area contributed by atoms with Gasteiger partial charge in [0.1, 0.15) is 30.8 Å². The Hall–Kier alpha value is -2.01. The van der Waals surface area contributed by atoms with Crippen molar-refractivity contribution in [3.8, 4) is 11.5 Å². The second-order valence-corrected chi connectivity index (χ2v) is 7.16. The van der Waals surface area contributed by atoms with Crippen LogP contribution in [0, 0.1) is 5.92 Å². The summed E-state index contributed by atoms with van der Waals surface area (Å²) >= 11 is 0. The third-order valence-corrected chi connectivity index (χ3v) is 5.20. The fourth-order valence-electron chi connectivity index (χ4n) is 3.67. The zero-order valence-electron chi connectivity index (χ0n) is 16.1. The molecule has 0 amide bonds. The minimum atomic E-state index is -0.697. The van der Waals surface area contributed by atoms with Crippen LogP contribution in [-0.2, 0) is 12.8 Å². The highest BCUT2D eigenvalue weighted by Gasteiger charge is 2.28. The maximum atomic E-state index is 10.6.